The maximum absolute atomic E-state index is 13.0. The molecule has 4 rings (SSSR count). The van der Waals surface area contributed by atoms with Gasteiger partial charge in [-0.1, -0.05) is 17.3 Å². The summed E-state index contributed by atoms with van der Waals surface area (Å²) in [5, 5.41) is 7.98. The van der Waals surface area contributed by atoms with Gasteiger partial charge in [0.05, 0.1) is 0 Å². The molecule has 0 spiro atoms. The topological polar surface area (TPSA) is 82.8 Å². The molecule has 130 valence electrons. The van der Waals surface area contributed by atoms with E-state index < -0.39 is 6.43 Å². The minimum Gasteiger partial charge on any atom is -0.398 e. The van der Waals surface area contributed by atoms with Crippen LogP contribution in [-0.4, -0.2) is 19.9 Å². The Morgan fingerprint density at radius 3 is 2.88 bits per heavy atom. The van der Waals surface area contributed by atoms with E-state index >= 15 is 0 Å². The van der Waals surface area contributed by atoms with Crippen LogP contribution in [0, 0.1) is 6.92 Å². The summed E-state index contributed by atoms with van der Waals surface area (Å²) in [6.07, 6.45) is -0.607. The largest absolute Gasteiger partial charge is 0.398 e. The Labute approximate surface area is 142 Å². The molecular formula is C17H17F2N5O. The highest BCUT2D eigenvalue weighted by Crippen LogP contribution is 2.41. The summed E-state index contributed by atoms with van der Waals surface area (Å²) in [7, 11) is 0. The van der Waals surface area contributed by atoms with Gasteiger partial charge in [0.1, 0.15) is 12.2 Å². The molecule has 2 N–H and O–H groups in total. The monoisotopic (exact) mass is 345 g/mol. The molecule has 1 saturated carbocycles. The van der Waals surface area contributed by atoms with Crippen LogP contribution in [0.2, 0.25) is 0 Å². The van der Waals surface area contributed by atoms with Gasteiger partial charge in [-0.3, -0.25) is 4.68 Å². The zero-order valence-corrected chi connectivity index (χ0v) is 13.6. The van der Waals surface area contributed by atoms with E-state index in [0.29, 0.717) is 23.3 Å². The minimum atomic E-state index is -2.59. The fraction of sp³-hybridized carbons (Fsp3) is 0.353. The van der Waals surface area contributed by atoms with Crippen molar-refractivity contribution >= 4 is 5.69 Å². The summed E-state index contributed by atoms with van der Waals surface area (Å²) >= 11 is 0. The Hall–Kier alpha value is -2.77. The number of halogens is 2. The third-order valence-electron chi connectivity index (χ3n) is 4.42. The van der Waals surface area contributed by atoms with Gasteiger partial charge in [0, 0.05) is 22.9 Å². The number of nitrogens with zero attached hydrogens (tertiary/aromatic N) is 4. The molecular weight excluding hydrogens is 328 g/mol. The molecule has 0 atom stereocenters. The highest BCUT2D eigenvalue weighted by molar-refractivity contribution is 5.67. The number of hydrogen-bond donors (Lipinski definition) is 1. The van der Waals surface area contributed by atoms with Crippen molar-refractivity contribution in [1.29, 1.82) is 0 Å². The number of alkyl halides is 2. The maximum atomic E-state index is 13.0. The third-order valence-corrected chi connectivity index (χ3v) is 4.42. The molecule has 6 nitrogen and oxygen atoms in total. The number of aromatic nitrogens is 4. The van der Waals surface area contributed by atoms with Gasteiger partial charge < -0.3 is 10.3 Å². The van der Waals surface area contributed by atoms with Gasteiger partial charge in [0.15, 0.2) is 0 Å². The molecule has 25 heavy (non-hydrogen) atoms. The van der Waals surface area contributed by atoms with Crippen LogP contribution < -0.4 is 5.73 Å². The van der Waals surface area contributed by atoms with Crippen molar-refractivity contribution in [2.24, 2.45) is 0 Å². The van der Waals surface area contributed by atoms with Gasteiger partial charge in [0.25, 0.3) is 6.43 Å². The van der Waals surface area contributed by atoms with Crippen LogP contribution >= 0.6 is 0 Å². The first-order valence-corrected chi connectivity index (χ1v) is 8.06. The van der Waals surface area contributed by atoms with E-state index in [0.717, 1.165) is 29.7 Å². The second kappa shape index (κ2) is 5.94. The van der Waals surface area contributed by atoms with Crippen LogP contribution in [0.25, 0.3) is 11.4 Å². The molecule has 0 aliphatic heterocycles. The van der Waals surface area contributed by atoms with Crippen molar-refractivity contribution in [3.8, 4) is 11.4 Å². The first-order chi connectivity index (χ1) is 12.0. The van der Waals surface area contributed by atoms with Gasteiger partial charge in [-0.2, -0.15) is 10.1 Å². The smallest absolute Gasteiger partial charge is 0.282 e. The van der Waals surface area contributed by atoms with Crippen molar-refractivity contribution in [3.63, 3.8) is 0 Å². The number of nitrogens with two attached hydrogens (primary N) is 1. The van der Waals surface area contributed by atoms with Gasteiger partial charge in [-0.25, -0.2) is 8.78 Å². The van der Waals surface area contributed by atoms with Crippen LogP contribution in [0.4, 0.5) is 14.5 Å². The fourth-order valence-corrected chi connectivity index (χ4v) is 2.85. The normalized spacial score (nSPS) is 14.4. The van der Waals surface area contributed by atoms with E-state index in [1.54, 1.807) is 10.7 Å². The number of rotatable bonds is 5. The summed E-state index contributed by atoms with van der Waals surface area (Å²) in [6.45, 7) is 2.06. The lowest BCUT2D eigenvalue weighted by atomic mass is 10.1. The van der Waals surface area contributed by atoms with Crippen LogP contribution in [0.1, 0.15) is 48.0 Å². The van der Waals surface area contributed by atoms with E-state index in [-0.39, 0.29) is 12.2 Å². The highest BCUT2D eigenvalue weighted by Gasteiger charge is 2.30. The van der Waals surface area contributed by atoms with E-state index in [1.807, 2.05) is 19.1 Å². The van der Waals surface area contributed by atoms with Crippen LogP contribution in [-0.2, 0) is 6.54 Å². The zero-order chi connectivity index (χ0) is 17.6. The average Bonchev–Trinajstić information content (AvgIpc) is 3.17. The quantitative estimate of drug-likeness (QED) is 0.713. The Bertz CT molecular complexity index is 914. The summed E-state index contributed by atoms with van der Waals surface area (Å²) < 4.78 is 32.7. The first-order valence-electron chi connectivity index (χ1n) is 8.06. The van der Waals surface area contributed by atoms with E-state index in [1.165, 1.54) is 6.07 Å². The number of hydrogen-bond acceptors (Lipinski definition) is 5. The van der Waals surface area contributed by atoms with Gasteiger partial charge in [-0.15, -0.1) is 0 Å². The van der Waals surface area contributed by atoms with Crippen LogP contribution in [0.3, 0.4) is 0 Å². The van der Waals surface area contributed by atoms with E-state index in [2.05, 4.69) is 15.2 Å². The van der Waals surface area contributed by atoms with Crippen molar-refractivity contribution in [2.75, 3.05) is 5.73 Å². The van der Waals surface area contributed by atoms with E-state index in [4.69, 9.17) is 10.3 Å². The lowest BCUT2D eigenvalue weighted by molar-refractivity contribution is 0.145. The molecule has 0 amide bonds. The molecule has 0 saturated heterocycles. The van der Waals surface area contributed by atoms with Crippen LogP contribution in [0.5, 0.6) is 0 Å². The van der Waals surface area contributed by atoms with Crippen molar-refractivity contribution in [3.05, 3.63) is 47.1 Å². The van der Waals surface area contributed by atoms with Crippen molar-refractivity contribution in [2.45, 2.75) is 38.7 Å². The molecule has 3 aromatic rings. The second-order valence-electron chi connectivity index (χ2n) is 6.26. The Morgan fingerprint density at radius 2 is 2.16 bits per heavy atom. The molecule has 1 aliphatic carbocycles. The predicted octanol–water partition coefficient (Wildman–Crippen LogP) is 3.69. The summed E-state index contributed by atoms with van der Waals surface area (Å²) in [5.41, 5.74) is 8.79. The van der Waals surface area contributed by atoms with Gasteiger partial charge in [-0.05, 0) is 37.5 Å². The van der Waals surface area contributed by atoms with E-state index in [9.17, 15) is 8.78 Å². The summed E-state index contributed by atoms with van der Waals surface area (Å²) in [5.74, 6) is 1.04. The van der Waals surface area contributed by atoms with Crippen molar-refractivity contribution in [1.82, 2.24) is 19.9 Å². The molecule has 1 fully saturated rings. The Morgan fingerprint density at radius 1 is 1.36 bits per heavy atom. The number of nitrogen functional groups attached to an aromatic ring is 1. The Balaban J connectivity index is 1.62. The summed E-state index contributed by atoms with van der Waals surface area (Å²) in [6, 6.07) is 6.96. The zero-order valence-electron chi connectivity index (χ0n) is 13.6. The van der Waals surface area contributed by atoms with Crippen molar-refractivity contribution < 1.29 is 13.3 Å². The predicted molar refractivity (Wildman–Crippen MR) is 87.1 cm³/mol. The first kappa shape index (κ1) is 15.7. The molecule has 1 aliphatic rings. The molecule has 0 unspecified atom stereocenters. The molecule has 0 bridgehead atoms. The Kier molecular flexibility index (Phi) is 3.74. The number of benzene rings is 1. The van der Waals surface area contributed by atoms with Crippen LogP contribution in [0.15, 0.2) is 28.8 Å². The third kappa shape index (κ3) is 2.99. The SMILES string of the molecule is Cc1c(N)cccc1-c1noc(Cn2nc(C(F)F)cc2C2CC2)n1. The van der Waals surface area contributed by atoms with Gasteiger partial charge in [0.2, 0.25) is 11.7 Å². The standard InChI is InChI=1S/C17H17F2N5O/c1-9-11(3-2-4-12(9)20)17-21-15(25-23-17)8-24-14(10-5-6-10)7-13(22-24)16(18)19/h2-4,7,10,16H,5-6,8,20H2,1H3. The molecule has 1 aromatic carbocycles. The average molecular weight is 345 g/mol. The molecule has 2 heterocycles. The lowest BCUT2D eigenvalue weighted by Crippen LogP contribution is -2.06. The number of anilines is 1. The minimum absolute atomic E-state index is 0.174. The fourth-order valence-electron chi connectivity index (χ4n) is 2.85. The summed E-state index contributed by atoms with van der Waals surface area (Å²) in [4.78, 5) is 4.37. The van der Waals surface area contributed by atoms with Gasteiger partial charge >= 0.3 is 0 Å². The highest BCUT2D eigenvalue weighted by atomic mass is 19.3. The molecule has 8 heteroatoms. The maximum Gasteiger partial charge on any atom is 0.282 e. The lowest BCUT2D eigenvalue weighted by Gasteiger charge is -2.03. The second-order valence-corrected chi connectivity index (χ2v) is 6.26. The molecule has 0 radical (unpaired) electrons. The molecule has 2 aromatic heterocycles.